The van der Waals surface area contributed by atoms with Crippen LogP contribution in [-0.4, -0.2) is 23.1 Å². The number of hydrogen-bond acceptors (Lipinski definition) is 3. The molecular weight excluding hydrogens is 221 g/mol. The number of nitrogens with one attached hydrogen (secondary N) is 1. The predicted molar refractivity (Wildman–Crippen MR) is 56.7 cm³/mol. The minimum absolute atomic E-state index is 0.273. The van der Waals surface area contributed by atoms with E-state index in [9.17, 15) is 0 Å². The van der Waals surface area contributed by atoms with Crippen molar-refractivity contribution >= 4 is 23.2 Å². The van der Waals surface area contributed by atoms with Crippen molar-refractivity contribution in [3.05, 3.63) is 22.2 Å². The number of rotatable bonds is 2. The molecule has 0 radical (unpaired) electrons. The van der Waals surface area contributed by atoms with Crippen LogP contribution in [0.25, 0.3) is 0 Å². The molecule has 1 saturated heterocycles. The molecule has 1 fully saturated rings. The first-order valence-corrected chi connectivity index (χ1v) is 5.39. The molecule has 1 aromatic rings. The summed E-state index contributed by atoms with van der Waals surface area (Å²) in [6, 6.07) is 0. The molecule has 3 nitrogen and oxygen atoms in total. The summed E-state index contributed by atoms with van der Waals surface area (Å²) in [7, 11) is 0. The Morgan fingerprint density at radius 1 is 1.50 bits per heavy atom. The van der Waals surface area contributed by atoms with Gasteiger partial charge >= 0.3 is 0 Å². The van der Waals surface area contributed by atoms with Crippen LogP contribution in [0.1, 0.15) is 12.1 Å². The predicted octanol–water partition coefficient (Wildman–Crippen LogP) is 1.94. The van der Waals surface area contributed by atoms with Crippen LogP contribution in [0.5, 0.6) is 0 Å². The zero-order valence-electron chi connectivity index (χ0n) is 7.63. The molecule has 1 unspecified atom stereocenters. The first-order valence-electron chi connectivity index (χ1n) is 4.63. The third-order valence-corrected chi connectivity index (χ3v) is 2.93. The molecule has 1 aliphatic rings. The summed E-state index contributed by atoms with van der Waals surface area (Å²) in [6.45, 7) is 2.12. The van der Waals surface area contributed by atoms with Crippen molar-refractivity contribution < 1.29 is 0 Å². The van der Waals surface area contributed by atoms with Gasteiger partial charge in [-0.2, -0.15) is 0 Å². The van der Waals surface area contributed by atoms with E-state index in [0.29, 0.717) is 10.9 Å². The third kappa shape index (κ3) is 2.35. The number of hydrogen-bond donors (Lipinski definition) is 1. The molecule has 0 aromatic carbocycles. The van der Waals surface area contributed by atoms with Gasteiger partial charge in [-0.1, -0.05) is 11.6 Å². The van der Waals surface area contributed by atoms with Gasteiger partial charge in [0.25, 0.3) is 0 Å². The van der Waals surface area contributed by atoms with Gasteiger partial charge < -0.3 is 5.32 Å². The maximum atomic E-state index is 5.97. The Bertz CT molecular complexity index is 324. The van der Waals surface area contributed by atoms with Crippen molar-refractivity contribution in [2.24, 2.45) is 5.92 Å². The Morgan fingerprint density at radius 2 is 2.36 bits per heavy atom. The molecule has 1 N–H and O–H groups in total. The van der Waals surface area contributed by atoms with Crippen LogP contribution in [0.3, 0.4) is 0 Å². The second kappa shape index (κ2) is 4.43. The van der Waals surface area contributed by atoms with Gasteiger partial charge in [-0.05, 0) is 43.5 Å². The van der Waals surface area contributed by atoms with Gasteiger partial charge in [-0.25, -0.2) is 9.97 Å². The molecule has 0 spiro atoms. The van der Waals surface area contributed by atoms with Crippen molar-refractivity contribution in [3.8, 4) is 0 Å². The second-order valence-corrected chi connectivity index (χ2v) is 4.24. The Kier molecular flexibility index (Phi) is 3.21. The summed E-state index contributed by atoms with van der Waals surface area (Å²) in [5.74, 6) is 0.624. The van der Waals surface area contributed by atoms with Crippen molar-refractivity contribution in [1.82, 2.24) is 15.3 Å². The summed E-state index contributed by atoms with van der Waals surface area (Å²) >= 11 is 11.7. The van der Waals surface area contributed by atoms with Gasteiger partial charge in [0.1, 0.15) is 0 Å². The zero-order valence-corrected chi connectivity index (χ0v) is 9.15. The summed E-state index contributed by atoms with van der Waals surface area (Å²) < 4.78 is 0. The molecule has 0 aliphatic carbocycles. The van der Waals surface area contributed by atoms with Gasteiger partial charge in [-0.3, -0.25) is 0 Å². The first kappa shape index (κ1) is 10.1. The molecule has 2 heterocycles. The molecule has 0 amide bonds. The Morgan fingerprint density at radius 3 is 3.07 bits per heavy atom. The van der Waals surface area contributed by atoms with Crippen molar-refractivity contribution in [2.75, 3.05) is 13.1 Å². The largest absolute Gasteiger partial charge is 0.316 e. The molecular formula is C9H11Cl2N3. The molecule has 0 bridgehead atoms. The monoisotopic (exact) mass is 231 g/mol. The van der Waals surface area contributed by atoms with Gasteiger partial charge in [0.2, 0.25) is 5.28 Å². The third-order valence-electron chi connectivity index (χ3n) is 2.43. The van der Waals surface area contributed by atoms with Crippen LogP contribution in [0, 0.1) is 5.92 Å². The molecule has 1 aliphatic heterocycles. The fraction of sp³-hybridized carbons (Fsp3) is 0.556. The van der Waals surface area contributed by atoms with Crippen LogP contribution >= 0.6 is 23.2 Å². The maximum absolute atomic E-state index is 5.97. The molecule has 2 rings (SSSR count). The summed E-state index contributed by atoms with van der Waals surface area (Å²) in [6.07, 6.45) is 3.63. The van der Waals surface area contributed by atoms with E-state index < -0.39 is 0 Å². The van der Waals surface area contributed by atoms with E-state index in [1.807, 2.05) is 0 Å². The lowest BCUT2D eigenvalue weighted by molar-refractivity contribution is 0.571. The molecule has 14 heavy (non-hydrogen) atoms. The first-order chi connectivity index (χ1) is 6.75. The van der Waals surface area contributed by atoms with Crippen LogP contribution in [0.15, 0.2) is 6.20 Å². The quantitative estimate of drug-likeness (QED) is 0.792. The highest BCUT2D eigenvalue weighted by molar-refractivity contribution is 6.31. The van der Waals surface area contributed by atoms with Crippen LogP contribution in [0.2, 0.25) is 10.3 Å². The minimum atomic E-state index is 0.273. The van der Waals surface area contributed by atoms with Gasteiger partial charge in [0.15, 0.2) is 0 Å². The fourth-order valence-corrected chi connectivity index (χ4v) is 2.00. The molecule has 1 aromatic heterocycles. The van der Waals surface area contributed by atoms with Crippen LogP contribution < -0.4 is 5.32 Å². The van der Waals surface area contributed by atoms with Crippen LogP contribution in [0.4, 0.5) is 0 Å². The van der Waals surface area contributed by atoms with Crippen molar-refractivity contribution in [3.63, 3.8) is 0 Å². The smallest absolute Gasteiger partial charge is 0.222 e. The van der Waals surface area contributed by atoms with E-state index in [1.54, 1.807) is 6.20 Å². The fourth-order valence-electron chi connectivity index (χ4n) is 1.68. The lowest BCUT2D eigenvalue weighted by Gasteiger charge is -2.08. The topological polar surface area (TPSA) is 37.8 Å². The highest BCUT2D eigenvalue weighted by atomic mass is 35.5. The van der Waals surface area contributed by atoms with E-state index in [-0.39, 0.29) is 5.28 Å². The number of aromatic nitrogens is 2. The highest BCUT2D eigenvalue weighted by Crippen LogP contribution is 2.20. The van der Waals surface area contributed by atoms with E-state index in [2.05, 4.69) is 15.3 Å². The average Bonchev–Trinajstić information content (AvgIpc) is 2.64. The highest BCUT2D eigenvalue weighted by Gasteiger charge is 2.17. The molecule has 1 atom stereocenters. The van der Waals surface area contributed by atoms with Crippen molar-refractivity contribution in [1.29, 1.82) is 0 Å². The Balaban J connectivity index is 2.10. The maximum Gasteiger partial charge on any atom is 0.222 e. The van der Waals surface area contributed by atoms with E-state index in [1.165, 1.54) is 6.42 Å². The van der Waals surface area contributed by atoms with Gasteiger partial charge in [0, 0.05) is 0 Å². The van der Waals surface area contributed by atoms with E-state index in [0.717, 1.165) is 25.2 Å². The lowest BCUT2D eigenvalue weighted by Crippen LogP contribution is -2.11. The summed E-state index contributed by atoms with van der Waals surface area (Å²) in [5.41, 5.74) is 0.861. The minimum Gasteiger partial charge on any atom is -0.316 e. The number of halogens is 2. The Hall–Kier alpha value is -0.380. The molecule has 0 saturated carbocycles. The standard InChI is InChI=1S/C9H11Cl2N3/c10-7-5-13-9(11)14-8(7)3-6-1-2-12-4-6/h5-6,12H,1-4H2. The molecule has 76 valence electrons. The summed E-state index contributed by atoms with van der Waals surface area (Å²) in [4.78, 5) is 7.95. The van der Waals surface area contributed by atoms with Gasteiger partial charge in [0.05, 0.1) is 16.9 Å². The average molecular weight is 232 g/mol. The Labute approximate surface area is 92.8 Å². The lowest BCUT2D eigenvalue weighted by atomic mass is 10.0. The van der Waals surface area contributed by atoms with Gasteiger partial charge in [-0.15, -0.1) is 0 Å². The number of nitrogens with zero attached hydrogens (tertiary/aromatic N) is 2. The zero-order chi connectivity index (χ0) is 9.97. The molecule has 5 heteroatoms. The van der Waals surface area contributed by atoms with Crippen molar-refractivity contribution in [2.45, 2.75) is 12.8 Å². The second-order valence-electron chi connectivity index (χ2n) is 3.50. The van der Waals surface area contributed by atoms with E-state index in [4.69, 9.17) is 23.2 Å². The normalized spacial score (nSPS) is 21.4. The van der Waals surface area contributed by atoms with Crippen LogP contribution in [-0.2, 0) is 6.42 Å². The summed E-state index contributed by atoms with van der Waals surface area (Å²) in [5, 5.41) is 4.19. The SMILES string of the molecule is Clc1ncc(Cl)c(CC2CCNC2)n1. The van der Waals surface area contributed by atoms with E-state index >= 15 is 0 Å².